The molecule has 0 fully saturated rings. The molecule has 0 spiro atoms. The third-order valence-electron chi connectivity index (χ3n) is 2.72. The minimum atomic E-state index is 0.752. The highest BCUT2D eigenvalue weighted by Crippen LogP contribution is 2.27. The van der Waals surface area contributed by atoms with Crippen LogP contribution in [0.3, 0.4) is 0 Å². The van der Waals surface area contributed by atoms with Crippen LogP contribution < -0.4 is 14.8 Å². The topological polar surface area (TPSA) is 43.4 Å². The first kappa shape index (κ1) is 13.8. The van der Waals surface area contributed by atoms with E-state index in [4.69, 9.17) is 9.47 Å². The Morgan fingerprint density at radius 1 is 1.16 bits per heavy atom. The second-order valence-corrected chi connectivity index (χ2v) is 5.48. The van der Waals surface area contributed by atoms with Gasteiger partial charge in [-0.25, -0.2) is 4.98 Å². The van der Waals surface area contributed by atoms with Gasteiger partial charge in [-0.3, -0.25) is 0 Å². The zero-order chi connectivity index (χ0) is 13.7. The van der Waals surface area contributed by atoms with E-state index in [9.17, 15) is 0 Å². The Hall–Kier alpha value is -1.59. The molecule has 0 radical (unpaired) electrons. The summed E-state index contributed by atoms with van der Waals surface area (Å²) in [6.45, 7) is 3.63. The van der Waals surface area contributed by atoms with Crippen molar-refractivity contribution < 1.29 is 9.47 Å². The summed E-state index contributed by atoms with van der Waals surface area (Å²) < 4.78 is 10.5. The first-order valence-corrected chi connectivity index (χ1v) is 6.87. The fraction of sp³-hybridized carbons (Fsp3) is 0.357. The molecule has 0 atom stereocenters. The van der Waals surface area contributed by atoms with Crippen LogP contribution >= 0.6 is 11.3 Å². The summed E-state index contributed by atoms with van der Waals surface area (Å²) in [7, 11) is 3.29. The van der Waals surface area contributed by atoms with Crippen LogP contribution in [0.2, 0.25) is 0 Å². The van der Waals surface area contributed by atoms with Crippen molar-refractivity contribution in [1.82, 2.24) is 10.3 Å². The molecule has 0 unspecified atom stereocenters. The average Bonchev–Trinajstić information content (AvgIpc) is 2.84. The summed E-state index contributed by atoms with van der Waals surface area (Å²) in [6, 6.07) is 5.93. The number of ether oxygens (including phenoxy) is 2. The molecule has 1 aromatic carbocycles. The standard InChI is InChI=1S/C14H18N2O2S/c1-10-7-16-14(19-10)9-15-8-11-4-5-12(17-2)13(6-11)18-3/h4-7,15H,8-9H2,1-3H3. The molecule has 19 heavy (non-hydrogen) atoms. The van der Waals surface area contributed by atoms with Gasteiger partial charge in [0.05, 0.1) is 14.2 Å². The van der Waals surface area contributed by atoms with Crippen LogP contribution in [-0.2, 0) is 13.1 Å². The summed E-state index contributed by atoms with van der Waals surface area (Å²) in [6.07, 6.45) is 1.90. The Morgan fingerprint density at radius 2 is 1.95 bits per heavy atom. The van der Waals surface area contributed by atoms with E-state index < -0.39 is 0 Å². The normalized spacial score (nSPS) is 10.5. The van der Waals surface area contributed by atoms with Crippen LogP contribution in [0.25, 0.3) is 0 Å². The van der Waals surface area contributed by atoms with Gasteiger partial charge in [-0.05, 0) is 24.6 Å². The lowest BCUT2D eigenvalue weighted by Crippen LogP contribution is -2.12. The fourth-order valence-electron chi connectivity index (χ4n) is 1.79. The molecular formula is C14H18N2O2S. The van der Waals surface area contributed by atoms with Crippen molar-refractivity contribution in [3.05, 3.63) is 39.8 Å². The summed E-state index contributed by atoms with van der Waals surface area (Å²) in [5.41, 5.74) is 1.16. The number of aryl methyl sites for hydroxylation is 1. The lowest BCUT2D eigenvalue weighted by molar-refractivity contribution is 0.354. The average molecular weight is 278 g/mol. The first-order valence-electron chi connectivity index (χ1n) is 6.06. The number of benzene rings is 1. The highest BCUT2D eigenvalue weighted by molar-refractivity contribution is 7.11. The quantitative estimate of drug-likeness (QED) is 0.882. The first-order chi connectivity index (χ1) is 9.22. The molecule has 0 aliphatic carbocycles. The van der Waals surface area contributed by atoms with E-state index in [1.807, 2.05) is 24.4 Å². The molecular weight excluding hydrogens is 260 g/mol. The monoisotopic (exact) mass is 278 g/mol. The molecule has 0 aliphatic heterocycles. The number of hydrogen-bond donors (Lipinski definition) is 1. The summed E-state index contributed by atoms with van der Waals surface area (Å²) in [5, 5.41) is 4.48. The second kappa shape index (κ2) is 6.54. The molecule has 5 heteroatoms. The van der Waals surface area contributed by atoms with Crippen molar-refractivity contribution >= 4 is 11.3 Å². The Kier molecular flexibility index (Phi) is 4.76. The fourth-order valence-corrected chi connectivity index (χ4v) is 2.54. The van der Waals surface area contributed by atoms with E-state index in [1.165, 1.54) is 4.88 Å². The van der Waals surface area contributed by atoms with E-state index in [-0.39, 0.29) is 0 Å². The summed E-state index contributed by atoms with van der Waals surface area (Å²) >= 11 is 1.72. The van der Waals surface area contributed by atoms with Crippen molar-refractivity contribution in [1.29, 1.82) is 0 Å². The molecule has 0 aliphatic rings. The van der Waals surface area contributed by atoms with Gasteiger partial charge in [-0.15, -0.1) is 11.3 Å². The largest absolute Gasteiger partial charge is 0.493 e. The molecule has 2 aromatic rings. The van der Waals surface area contributed by atoms with E-state index in [1.54, 1.807) is 25.6 Å². The molecule has 102 valence electrons. The summed E-state index contributed by atoms with van der Waals surface area (Å²) in [4.78, 5) is 5.56. The highest BCUT2D eigenvalue weighted by atomic mass is 32.1. The molecule has 1 N–H and O–H groups in total. The number of nitrogens with one attached hydrogen (secondary N) is 1. The molecule has 1 aromatic heterocycles. The summed E-state index contributed by atoms with van der Waals surface area (Å²) in [5.74, 6) is 1.51. The maximum absolute atomic E-state index is 5.28. The van der Waals surface area contributed by atoms with Crippen LogP contribution in [0, 0.1) is 6.92 Å². The van der Waals surface area contributed by atoms with Crippen molar-refractivity contribution in [2.75, 3.05) is 14.2 Å². The van der Waals surface area contributed by atoms with Crippen molar-refractivity contribution in [3.63, 3.8) is 0 Å². The maximum atomic E-state index is 5.28. The zero-order valence-electron chi connectivity index (χ0n) is 11.4. The molecule has 0 bridgehead atoms. The molecule has 2 rings (SSSR count). The minimum Gasteiger partial charge on any atom is -0.493 e. The van der Waals surface area contributed by atoms with Crippen LogP contribution in [0.5, 0.6) is 11.5 Å². The Balaban J connectivity index is 1.92. The zero-order valence-corrected chi connectivity index (χ0v) is 12.2. The Bertz CT molecular complexity index is 540. The third kappa shape index (κ3) is 3.68. The number of nitrogens with zero attached hydrogens (tertiary/aromatic N) is 1. The van der Waals surface area contributed by atoms with Gasteiger partial charge >= 0.3 is 0 Å². The van der Waals surface area contributed by atoms with E-state index in [0.717, 1.165) is 35.2 Å². The molecule has 0 saturated heterocycles. The van der Waals surface area contributed by atoms with Crippen LogP contribution in [0.1, 0.15) is 15.4 Å². The van der Waals surface area contributed by atoms with Gasteiger partial charge in [-0.1, -0.05) is 6.07 Å². The van der Waals surface area contributed by atoms with Gasteiger partial charge in [0.15, 0.2) is 11.5 Å². The number of thiazole rings is 1. The van der Waals surface area contributed by atoms with Crippen molar-refractivity contribution in [2.24, 2.45) is 0 Å². The Morgan fingerprint density at radius 3 is 2.58 bits per heavy atom. The number of aromatic nitrogens is 1. The predicted octanol–water partition coefficient (Wildman–Crippen LogP) is 2.76. The number of rotatable bonds is 6. The van der Waals surface area contributed by atoms with Gasteiger partial charge in [0.25, 0.3) is 0 Å². The number of hydrogen-bond acceptors (Lipinski definition) is 5. The maximum Gasteiger partial charge on any atom is 0.161 e. The van der Waals surface area contributed by atoms with E-state index >= 15 is 0 Å². The van der Waals surface area contributed by atoms with E-state index in [0.29, 0.717) is 0 Å². The van der Waals surface area contributed by atoms with Gasteiger partial charge in [0.1, 0.15) is 5.01 Å². The van der Waals surface area contributed by atoms with Crippen molar-refractivity contribution in [2.45, 2.75) is 20.0 Å². The van der Waals surface area contributed by atoms with Gasteiger partial charge in [0.2, 0.25) is 0 Å². The van der Waals surface area contributed by atoms with Crippen LogP contribution in [0.4, 0.5) is 0 Å². The highest BCUT2D eigenvalue weighted by Gasteiger charge is 2.04. The Labute approximate surface area is 117 Å². The smallest absolute Gasteiger partial charge is 0.161 e. The number of methoxy groups -OCH3 is 2. The third-order valence-corrected chi connectivity index (χ3v) is 3.64. The lowest BCUT2D eigenvalue weighted by Gasteiger charge is -2.09. The molecule has 0 amide bonds. The van der Waals surface area contributed by atoms with E-state index in [2.05, 4.69) is 17.2 Å². The lowest BCUT2D eigenvalue weighted by atomic mass is 10.2. The van der Waals surface area contributed by atoms with Crippen molar-refractivity contribution in [3.8, 4) is 11.5 Å². The molecule has 4 nitrogen and oxygen atoms in total. The second-order valence-electron chi connectivity index (χ2n) is 4.16. The van der Waals surface area contributed by atoms with Gasteiger partial charge in [0, 0.05) is 24.2 Å². The van der Waals surface area contributed by atoms with Gasteiger partial charge < -0.3 is 14.8 Å². The minimum absolute atomic E-state index is 0.752. The van der Waals surface area contributed by atoms with Crippen LogP contribution in [0.15, 0.2) is 24.4 Å². The predicted molar refractivity (Wildman–Crippen MR) is 76.9 cm³/mol. The SMILES string of the molecule is COc1ccc(CNCc2ncc(C)s2)cc1OC. The van der Waals surface area contributed by atoms with Gasteiger partial charge in [-0.2, -0.15) is 0 Å². The van der Waals surface area contributed by atoms with Crippen LogP contribution in [-0.4, -0.2) is 19.2 Å². The molecule has 0 saturated carbocycles. The molecule has 1 heterocycles.